The van der Waals surface area contributed by atoms with Gasteiger partial charge in [-0.15, -0.1) is 18.1 Å². The van der Waals surface area contributed by atoms with E-state index in [-0.39, 0.29) is 6.15 Å². The summed E-state index contributed by atoms with van der Waals surface area (Å²) in [7, 11) is 14.2. The van der Waals surface area contributed by atoms with Crippen LogP contribution >= 0.6 is 18.6 Å². The summed E-state index contributed by atoms with van der Waals surface area (Å²) in [4.78, 5) is 2.37. The molecule has 3 aromatic carbocycles. The van der Waals surface area contributed by atoms with E-state index >= 15 is 0 Å². The number of fused-ring (bicyclic) bond motifs is 3. The van der Waals surface area contributed by atoms with Gasteiger partial charge in [-0.3, -0.25) is 0 Å². The van der Waals surface area contributed by atoms with Crippen LogP contribution in [0.1, 0.15) is 47.4 Å². The molecule has 2 nitrogen and oxygen atoms in total. The number of hydrogen-bond acceptors (Lipinski definition) is 1. The van der Waals surface area contributed by atoms with E-state index in [0.717, 1.165) is 18.0 Å². The van der Waals surface area contributed by atoms with Gasteiger partial charge in [0.2, 0.25) is 0 Å². The van der Waals surface area contributed by atoms with E-state index in [0.29, 0.717) is 5.92 Å². The summed E-state index contributed by atoms with van der Waals surface area (Å²) in [5.74, 6) is 0.639. The molecule has 0 bridgehead atoms. The minimum Gasteiger partial charge on any atom is -0.693 e. The Morgan fingerprint density at radius 2 is 1.52 bits per heavy atom. The molecule has 1 fully saturated rings. The topological polar surface area (TPSA) is 36.7 Å². The van der Waals surface area contributed by atoms with Crippen molar-refractivity contribution in [2.75, 3.05) is 14.1 Å². The third-order valence-corrected chi connectivity index (χ3v) is 6.36. The van der Waals surface area contributed by atoms with Gasteiger partial charge in [-0.2, -0.15) is 31.0 Å². The molecule has 2 N–H and O–H groups in total. The van der Waals surface area contributed by atoms with E-state index in [1.165, 1.54) is 36.0 Å². The van der Waals surface area contributed by atoms with Gasteiger partial charge < -0.3 is 17.5 Å². The number of hydrogen-bond donors (Lipinski definition) is 0. The number of nitrogens with two attached hydrogens (primary N) is 1. The van der Waals surface area contributed by atoms with Crippen molar-refractivity contribution >= 4 is 18.6 Å². The van der Waals surface area contributed by atoms with Crippen molar-refractivity contribution in [2.45, 2.75) is 37.6 Å². The van der Waals surface area contributed by atoms with Gasteiger partial charge in [-0.1, -0.05) is 60.5 Å². The molecular formula is C28H33Cl2N2Ti-3. The zero-order chi connectivity index (χ0) is 22.9. The van der Waals surface area contributed by atoms with E-state index in [2.05, 4.69) is 74.8 Å². The van der Waals surface area contributed by atoms with Crippen LogP contribution < -0.4 is 0 Å². The molecule has 0 aliphatic heterocycles. The summed E-state index contributed by atoms with van der Waals surface area (Å²) in [6.45, 7) is 3.72. The first-order valence-electron chi connectivity index (χ1n) is 11.1. The van der Waals surface area contributed by atoms with E-state index in [1.807, 2.05) is 30.3 Å². The monoisotopic (exact) mass is 515 g/mol. The van der Waals surface area contributed by atoms with Crippen LogP contribution in [0.3, 0.4) is 0 Å². The molecule has 2 aliphatic carbocycles. The van der Waals surface area contributed by atoms with Gasteiger partial charge in [0.15, 0.2) is 0 Å². The Kier molecular flexibility index (Phi) is 12.1. The van der Waals surface area contributed by atoms with Gasteiger partial charge in [0, 0.05) is 0 Å². The molecule has 0 saturated heterocycles. The van der Waals surface area contributed by atoms with Crippen molar-refractivity contribution in [3.8, 4) is 11.1 Å². The summed E-state index contributed by atoms with van der Waals surface area (Å²) in [5, 5.41) is 0. The molecule has 0 heterocycles. The minimum absolute atomic E-state index is 0. The number of rotatable bonds is 2. The minimum atomic E-state index is -0.556. The van der Waals surface area contributed by atoms with Crippen LogP contribution in [0.15, 0.2) is 72.8 Å². The van der Waals surface area contributed by atoms with Crippen molar-refractivity contribution in [1.29, 1.82) is 0 Å². The average molecular weight is 516 g/mol. The molecule has 2 atom stereocenters. The molecule has 176 valence electrons. The molecule has 2 unspecified atom stereocenters. The second kappa shape index (κ2) is 14.2. The molecule has 0 aromatic heterocycles. The Balaban J connectivity index is 0.000000296. The largest absolute Gasteiger partial charge is 0.693 e. The van der Waals surface area contributed by atoms with Gasteiger partial charge in [-0.05, 0) is 55.2 Å². The Morgan fingerprint density at radius 3 is 2.09 bits per heavy atom. The molecule has 5 rings (SSSR count). The van der Waals surface area contributed by atoms with Gasteiger partial charge in [0.25, 0.3) is 0 Å². The van der Waals surface area contributed by atoms with Gasteiger partial charge in [0.05, 0.1) is 0 Å². The van der Waals surface area contributed by atoms with Gasteiger partial charge >= 0.3 is 35.6 Å². The second-order valence-corrected chi connectivity index (χ2v) is 11.1. The molecular weight excluding hydrogens is 483 g/mol. The fourth-order valence-electron chi connectivity index (χ4n) is 4.69. The zero-order valence-electron chi connectivity index (χ0n) is 19.5. The van der Waals surface area contributed by atoms with Crippen LogP contribution in [0, 0.1) is 13.3 Å². The molecule has 1 saturated carbocycles. The van der Waals surface area contributed by atoms with Gasteiger partial charge in [-0.25, -0.2) is 0 Å². The van der Waals surface area contributed by atoms with Crippen LogP contribution in [0.25, 0.3) is 17.3 Å². The van der Waals surface area contributed by atoms with Crippen molar-refractivity contribution in [3.63, 3.8) is 0 Å². The fourth-order valence-corrected chi connectivity index (χ4v) is 4.69. The van der Waals surface area contributed by atoms with Gasteiger partial charge in [0.1, 0.15) is 0 Å². The van der Waals surface area contributed by atoms with Crippen molar-refractivity contribution in [3.05, 3.63) is 115 Å². The summed E-state index contributed by atoms with van der Waals surface area (Å²) >= 11 is -0.556. The average Bonchev–Trinajstić information content (AvgIpc) is 3.19. The summed E-state index contributed by atoms with van der Waals surface area (Å²) in [6.07, 6.45) is 7.49. The molecule has 2 aliphatic rings. The second-order valence-electron chi connectivity index (χ2n) is 8.54. The Morgan fingerprint density at radius 1 is 0.879 bits per heavy atom. The zero-order valence-corrected chi connectivity index (χ0v) is 22.5. The van der Waals surface area contributed by atoms with E-state index < -0.39 is 17.0 Å². The van der Waals surface area contributed by atoms with Crippen LogP contribution in [0.2, 0.25) is 0 Å². The first-order valence-corrected chi connectivity index (χ1v) is 15.4. The molecule has 33 heavy (non-hydrogen) atoms. The number of nitrogens with zero attached hydrogens (tertiary/aromatic N) is 1. The summed E-state index contributed by atoms with van der Waals surface area (Å²) < 4.78 is 0. The first-order chi connectivity index (χ1) is 15.5. The van der Waals surface area contributed by atoms with Crippen molar-refractivity contribution in [2.24, 2.45) is 0 Å². The maximum absolute atomic E-state index is 4.89. The van der Waals surface area contributed by atoms with Crippen LogP contribution in [-0.4, -0.2) is 25.0 Å². The van der Waals surface area contributed by atoms with Crippen LogP contribution in [0.4, 0.5) is 0 Å². The third kappa shape index (κ3) is 7.62. The molecule has 0 amide bonds. The van der Waals surface area contributed by atoms with Crippen molar-refractivity contribution in [1.82, 2.24) is 4.90 Å². The van der Waals surface area contributed by atoms with Crippen LogP contribution in [-0.2, 0) is 23.5 Å². The molecule has 3 aromatic rings. The molecule has 0 spiro atoms. The van der Waals surface area contributed by atoms with E-state index in [9.17, 15) is 0 Å². The maximum Gasteiger partial charge on any atom is -0.693 e. The fraction of sp³-hybridized carbons (Fsp3) is 0.286. The Hall–Kier alpha value is -1.26. The summed E-state index contributed by atoms with van der Waals surface area (Å²) in [6, 6.07) is 26.4. The maximum atomic E-state index is 4.89. The van der Waals surface area contributed by atoms with Crippen LogP contribution in [0.5, 0.6) is 0 Å². The van der Waals surface area contributed by atoms with Crippen molar-refractivity contribution < 1.29 is 17.0 Å². The van der Waals surface area contributed by atoms with E-state index in [4.69, 9.17) is 18.6 Å². The number of benzene rings is 3. The third-order valence-electron chi connectivity index (χ3n) is 6.36. The standard InChI is InChI=1S/C21H24N.C7H7.2ClH.H2N.Ti/c1-22(2)17-12-10-15(11-13-17)18-8-5-9-20-19-7-4-3-6-16(19)14-21(18)20;1-7-5-3-2-4-6-7;;;;/h3-10,15,17H,11-14H2,1-2H3;2-6H,1H2;2*1H;1H2;/q2*-1;;;-1;+2/p-2. The molecule has 0 radical (unpaired) electrons. The van der Waals surface area contributed by atoms with E-state index in [1.54, 1.807) is 11.1 Å². The SMILES string of the molecule is CN(C)C1C[CH-]C(c2cccc3c2Cc2ccccc2-3)CC1.[CH2-]c1ccccc1.[Cl][Ti][Cl].[NH2-]. The summed E-state index contributed by atoms with van der Waals surface area (Å²) in [5.41, 5.74) is 8.63. The normalized spacial score (nSPS) is 17.8. The predicted octanol–water partition coefficient (Wildman–Crippen LogP) is 8.62. The Labute approximate surface area is 217 Å². The number of halogens is 2. The smallest absolute Gasteiger partial charge is 0.693 e. The predicted molar refractivity (Wildman–Crippen MR) is 141 cm³/mol. The first kappa shape index (κ1) is 28.0. The molecule has 5 heteroatoms. The quantitative estimate of drug-likeness (QED) is 0.194. The Bertz CT molecular complexity index is 971.